The molecule has 2 aromatic rings. The second kappa shape index (κ2) is 9.91. The lowest BCUT2D eigenvalue weighted by atomic mass is 10.2. The third-order valence-electron chi connectivity index (χ3n) is 4.01. The summed E-state index contributed by atoms with van der Waals surface area (Å²) in [5.41, 5.74) is 1.43. The van der Waals surface area contributed by atoms with E-state index in [2.05, 4.69) is 22.5 Å². The predicted octanol–water partition coefficient (Wildman–Crippen LogP) is 3.61. The number of ether oxygens (including phenoxy) is 2. The first-order valence-electron chi connectivity index (χ1n) is 8.57. The zero-order chi connectivity index (χ0) is 21.6. The van der Waals surface area contributed by atoms with Gasteiger partial charge in [0, 0.05) is 11.0 Å². The van der Waals surface area contributed by atoms with Crippen molar-refractivity contribution in [2.24, 2.45) is 0 Å². The topological polar surface area (TPSA) is 93.1 Å². The van der Waals surface area contributed by atoms with E-state index in [1.54, 1.807) is 30.3 Å². The van der Waals surface area contributed by atoms with Crippen LogP contribution >= 0.6 is 15.9 Å². The first-order valence-corrected chi connectivity index (χ1v) is 10.8. The number of benzene rings is 2. The van der Waals surface area contributed by atoms with Gasteiger partial charge in [-0.25, -0.2) is 8.42 Å². The van der Waals surface area contributed by atoms with Crippen molar-refractivity contribution in [3.63, 3.8) is 0 Å². The zero-order valence-electron chi connectivity index (χ0n) is 16.1. The van der Waals surface area contributed by atoms with Crippen LogP contribution < -0.4 is 9.47 Å². The van der Waals surface area contributed by atoms with E-state index < -0.39 is 22.5 Å². The van der Waals surface area contributed by atoms with E-state index in [9.17, 15) is 18.3 Å². The lowest BCUT2D eigenvalue weighted by Crippen LogP contribution is -2.35. The Hall–Kier alpha value is -2.36. The van der Waals surface area contributed by atoms with Crippen LogP contribution in [0.2, 0.25) is 0 Å². The van der Waals surface area contributed by atoms with Crippen LogP contribution in [0, 0.1) is 6.92 Å². The largest absolute Gasteiger partial charge is 0.493 e. The molecule has 2 rings (SSSR count). The molecule has 1 N–H and O–H groups in total. The Morgan fingerprint density at radius 1 is 1.24 bits per heavy atom. The SMILES string of the molecule is C=CCOc1cc(CN(CC(=O)O)S(=O)(=O)c2ccc(C)cc2)c(Br)cc1OC. The van der Waals surface area contributed by atoms with Crippen molar-refractivity contribution in [3.05, 3.63) is 64.7 Å². The van der Waals surface area contributed by atoms with Crippen LogP contribution in [-0.2, 0) is 21.4 Å². The van der Waals surface area contributed by atoms with Gasteiger partial charge in [0.25, 0.3) is 0 Å². The molecule has 29 heavy (non-hydrogen) atoms. The third-order valence-corrected chi connectivity index (χ3v) is 6.55. The second-order valence-electron chi connectivity index (χ2n) is 6.17. The number of carbonyl (C=O) groups is 1. The highest BCUT2D eigenvalue weighted by Gasteiger charge is 2.28. The normalized spacial score (nSPS) is 11.3. The second-order valence-corrected chi connectivity index (χ2v) is 8.97. The Kier molecular flexibility index (Phi) is 7.83. The van der Waals surface area contributed by atoms with E-state index >= 15 is 0 Å². The molecule has 0 aliphatic rings. The minimum absolute atomic E-state index is 0.0251. The summed E-state index contributed by atoms with van der Waals surface area (Å²) in [6.07, 6.45) is 1.57. The summed E-state index contributed by atoms with van der Waals surface area (Å²) in [5, 5.41) is 9.26. The molecule has 0 amide bonds. The van der Waals surface area contributed by atoms with Crippen LogP contribution in [-0.4, -0.2) is 44.1 Å². The number of carboxylic acids is 1. The molecule has 0 aromatic heterocycles. The summed E-state index contributed by atoms with van der Waals surface area (Å²) in [4.78, 5) is 11.4. The van der Waals surface area contributed by atoms with Crippen LogP contribution in [0.1, 0.15) is 11.1 Å². The van der Waals surface area contributed by atoms with Crippen molar-refractivity contribution in [2.45, 2.75) is 18.4 Å². The number of nitrogens with zero attached hydrogens (tertiary/aromatic N) is 1. The van der Waals surface area contributed by atoms with Crippen molar-refractivity contribution in [1.29, 1.82) is 0 Å². The van der Waals surface area contributed by atoms with Gasteiger partial charge in [0.15, 0.2) is 11.5 Å². The molecule has 9 heteroatoms. The van der Waals surface area contributed by atoms with Crippen LogP contribution in [0.4, 0.5) is 0 Å². The number of hydrogen-bond donors (Lipinski definition) is 1. The van der Waals surface area contributed by atoms with Gasteiger partial charge >= 0.3 is 5.97 Å². The molecular formula is C20H22BrNO6S. The Morgan fingerprint density at radius 3 is 2.45 bits per heavy atom. The number of carboxylic acid groups (broad SMARTS) is 1. The molecule has 2 aromatic carbocycles. The van der Waals surface area contributed by atoms with E-state index in [0.717, 1.165) is 9.87 Å². The molecule has 0 saturated carbocycles. The summed E-state index contributed by atoms with van der Waals surface area (Å²) >= 11 is 3.39. The summed E-state index contributed by atoms with van der Waals surface area (Å²) in [5.74, 6) is -0.407. The number of methoxy groups -OCH3 is 1. The number of aliphatic carboxylic acids is 1. The molecule has 7 nitrogen and oxygen atoms in total. The summed E-state index contributed by atoms with van der Waals surface area (Å²) < 4.78 is 38.4. The van der Waals surface area contributed by atoms with Gasteiger partial charge in [-0.05, 0) is 36.8 Å². The standard InChI is InChI=1S/C20H22BrNO6S/c1-4-9-28-19-10-15(17(21)11-18(19)27-3)12-22(13-20(23)24)29(25,26)16-7-5-14(2)6-8-16/h4-8,10-11H,1,9,12-13H2,2-3H3,(H,23,24). The molecule has 156 valence electrons. The number of rotatable bonds is 10. The Morgan fingerprint density at radius 2 is 1.90 bits per heavy atom. The Labute approximate surface area is 178 Å². The number of aryl methyl sites for hydroxylation is 1. The molecule has 0 radical (unpaired) electrons. The predicted molar refractivity (Wildman–Crippen MR) is 113 cm³/mol. The minimum Gasteiger partial charge on any atom is -0.493 e. The highest BCUT2D eigenvalue weighted by molar-refractivity contribution is 9.10. The quantitative estimate of drug-likeness (QED) is 0.518. The van der Waals surface area contributed by atoms with Crippen LogP contribution in [0.5, 0.6) is 11.5 Å². The molecule has 0 spiro atoms. The van der Waals surface area contributed by atoms with Gasteiger partial charge in [0.2, 0.25) is 10.0 Å². The van der Waals surface area contributed by atoms with E-state index in [1.807, 2.05) is 6.92 Å². The van der Waals surface area contributed by atoms with Crippen molar-refractivity contribution in [3.8, 4) is 11.5 Å². The summed E-state index contributed by atoms with van der Waals surface area (Å²) in [7, 11) is -2.54. The number of hydrogen-bond acceptors (Lipinski definition) is 5. The molecule has 0 unspecified atom stereocenters. The molecular weight excluding hydrogens is 462 g/mol. The zero-order valence-corrected chi connectivity index (χ0v) is 18.5. The fourth-order valence-corrected chi connectivity index (χ4v) is 4.36. The highest BCUT2D eigenvalue weighted by Crippen LogP contribution is 2.35. The maximum Gasteiger partial charge on any atom is 0.318 e. The van der Waals surface area contributed by atoms with Crippen molar-refractivity contribution in [2.75, 3.05) is 20.3 Å². The molecule has 0 atom stereocenters. The third kappa shape index (κ3) is 5.81. The van der Waals surface area contributed by atoms with E-state index in [0.29, 0.717) is 21.5 Å². The van der Waals surface area contributed by atoms with Gasteiger partial charge in [0.05, 0.1) is 12.0 Å². The van der Waals surface area contributed by atoms with Crippen LogP contribution in [0.3, 0.4) is 0 Å². The van der Waals surface area contributed by atoms with Gasteiger partial charge < -0.3 is 14.6 Å². The fraction of sp³-hybridized carbons (Fsp3) is 0.250. The molecule has 0 saturated heterocycles. The van der Waals surface area contributed by atoms with Gasteiger partial charge in [-0.1, -0.05) is 46.3 Å². The van der Waals surface area contributed by atoms with E-state index in [-0.39, 0.29) is 18.0 Å². The highest BCUT2D eigenvalue weighted by atomic mass is 79.9. The van der Waals surface area contributed by atoms with Crippen LogP contribution in [0.15, 0.2) is 58.4 Å². The molecule has 0 fully saturated rings. The van der Waals surface area contributed by atoms with Gasteiger partial charge in [-0.2, -0.15) is 4.31 Å². The summed E-state index contributed by atoms with van der Waals surface area (Å²) in [6, 6.07) is 9.51. The fourth-order valence-electron chi connectivity index (χ4n) is 2.55. The van der Waals surface area contributed by atoms with Crippen molar-refractivity contribution in [1.82, 2.24) is 4.31 Å². The maximum atomic E-state index is 13.1. The maximum absolute atomic E-state index is 13.1. The smallest absolute Gasteiger partial charge is 0.318 e. The summed E-state index contributed by atoms with van der Waals surface area (Å²) in [6.45, 7) is 4.82. The van der Waals surface area contributed by atoms with E-state index in [4.69, 9.17) is 9.47 Å². The average Bonchev–Trinajstić information content (AvgIpc) is 2.67. The van der Waals surface area contributed by atoms with Crippen LogP contribution in [0.25, 0.3) is 0 Å². The van der Waals surface area contributed by atoms with Crippen molar-refractivity contribution >= 4 is 31.9 Å². The average molecular weight is 484 g/mol. The first-order chi connectivity index (χ1) is 13.7. The first kappa shape index (κ1) is 22.9. The Balaban J connectivity index is 2.45. The Bertz CT molecular complexity index is 989. The van der Waals surface area contributed by atoms with Crippen molar-refractivity contribution < 1.29 is 27.8 Å². The van der Waals surface area contributed by atoms with Gasteiger partial charge in [-0.3, -0.25) is 4.79 Å². The number of sulfonamides is 1. The lowest BCUT2D eigenvalue weighted by Gasteiger charge is -2.22. The number of halogens is 1. The molecule has 0 aliphatic heterocycles. The monoisotopic (exact) mass is 483 g/mol. The molecule has 0 heterocycles. The lowest BCUT2D eigenvalue weighted by molar-refractivity contribution is -0.137. The molecule has 0 bridgehead atoms. The molecule has 0 aliphatic carbocycles. The minimum atomic E-state index is -4.03. The van der Waals surface area contributed by atoms with Gasteiger partial charge in [0.1, 0.15) is 13.2 Å². The van der Waals surface area contributed by atoms with E-state index in [1.165, 1.54) is 19.2 Å². The van der Waals surface area contributed by atoms with Gasteiger partial charge in [-0.15, -0.1) is 0 Å².